The zero-order valence-electron chi connectivity index (χ0n) is 9.65. The van der Waals surface area contributed by atoms with Crippen LogP contribution in [0, 0.1) is 5.41 Å². The second kappa shape index (κ2) is 4.47. The van der Waals surface area contributed by atoms with Gasteiger partial charge in [-0.25, -0.2) is 0 Å². The van der Waals surface area contributed by atoms with Gasteiger partial charge in [-0.2, -0.15) is 0 Å². The van der Waals surface area contributed by atoms with E-state index < -0.39 is 5.41 Å². The van der Waals surface area contributed by atoms with Crippen molar-refractivity contribution in [2.45, 2.75) is 20.3 Å². The Morgan fingerprint density at radius 2 is 1.81 bits per heavy atom. The number of methoxy groups -OCH3 is 1. The maximum Gasteiger partial charge on any atom is 0.306 e. The Labute approximate surface area is 94.1 Å². The van der Waals surface area contributed by atoms with Gasteiger partial charge in [0.25, 0.3) is 11.8 Å². The normalized spacial score (nSPS) is 15.8. The number of hydrogen-bond donors (Lipinski definition) is 0. The smallest absolute Gasteiger partial charge is 0.306 e. The Kier molecular flexibility index (Phi) is 3.47. The van der Waals surface area contributed by atoms with Gasteiger partial charge in [-0.05, 0) is 5.41 Å². The molecule has 0 atom stereocenters. The average molecular weight is 225 g/mol. The molecule has 0 bridgehead atoms. The summed E-state index contributed by atoms with van der Waals surface area (Å²) in [6.45, 7) is 3.83. The first-order valence-corrected chi connectivity index (χ1v) is 4.96. The summed E-state index contributed by atoms with van der Waals surface area (Å²) in [5.74, 6) is -1.01. The lowest BCUT2D eigenvalue weighted by Crippen LogP contribution is -2.39. The van der Waals surface area contributed by atoms with E-state index in [4.69, 9.17) is 0 Å². The molecule has 0 aromatic heterocycles. The van der Waals surface area contributed by atoms with Crippen LogP contribution in [0.2, 0.25) is 0 Å². The molecule has 1 aliphatic heterocycles. The lowest BCUT2D eigenvalue weighted by molar-refractivity contribution is -0.146. The summed E-state index contributed by atoms with van der Waals surface area (Å²) in [5, 5.41) is 0. The molecule has 88 valence electrons. The fourth-order valence-electron chi connectivity index (χ4n) is 1.53. The van der Waals surface area contributed by atoms with Crippen molar-refractivity contribution >= 4 is 17.8 Å². The molecule has 16 heavy (non-hydrogen) atoms. The van der Waals surface area contributed by atoms with Crippen molar-refractivity contribution in [3.63, 3.8) is 0 Å². The van der Waals surface area contributed by atoms with Gasteiger partial charge < -0.3 is 4.74 Å². The Morgan fingerprint density at radius 3 is 2.25 bits per heavy atom. The van der Waals surface area contributed by atoms with Gasteiger partial charge >= 0.3 is 5.97 Å². The van der Waals surface area contributed by atoms with Crippen LogP contribution in [0.25, 0.3) is 0 Å². The van der Waals surface area contributed by atoms with E-state index in [9.17, 15) is 14.4 Å². The van der Waals surface area contributed by atoms with E-state index in [1.807, 2.05) is 13.8 Å². The number of nitrogens with zero attached hydrogens (tertiary/aromatic N) is 1. The van der Waals surface area contributed by atoms with E-state index in [0.717, 1.165) is 4.90 Å². The lowest BCUT2D eigenvalue weighted by Gasteiger charge is -2.27. The molecule has 0 radical (unpaired) electrons. The van der Waals surface area contributed by atoms with Gasteiger partial charge in [-0.3, -0.25) is 19.3 Å². The van der Waals surface area contributed by atoms with Gasteiger partial charge in [-0.1, -0.05) is 13.8 Å². The van der Waals surface area contributed by atoms with Crippen LogP contribution in [0.4, 0.5) is 0 Å². The number of imide groups is 1. The van der Waals surface area contributed by atoms with Gasteiger partial charge in [0.15, 0.2) is 0 Å². The first kappa shape index (κ1) is 12.4. The highest BCUT2D eigenvalue weighted by Crippen LogP contribution is 2.24. The van der Waals surface area contributed by atoms with Gasteiger partial charge in [0.05, 0.1) is 13.5 Å². The first-order valence-electron chi connectivity index (χ1n) is 4.96. The van der Waals surface area contributed by atoms with Crippen molar-refractivity contribution in [1.29, 1.82) is 0 Å². The van der Waals surface area contributed by atoms with E-state index in [1.54, 1.807) is 0 Å². The molecule has 0 aromatic carbocycles. The second-order valence-corrected chi connectivity index (χ2v) is 4.51. The Hall–Kier alpha value is -1.65. The SMILES string of the molecule is COC(=O)CC(C)(C)CN1C(=O)C=CC1=O. The van der Waals surface area contributed by atoms with Gasteiger partial charge in [0.1, 0.15) is 0 Å². The van der Waals surface area contributed by atoms with Crippen LogP contribution < -0.4 is 0 Å². The molecule has 0 spiro atoms. The summed E-state index contributed by atoms with van der Waals surface area (Å²) in [6.07, 6.45) is 2.63. The molecule has 0 fully saturated rings. The Balaban J connectivity index is 2.62. The summed E-state index contributed by atoms with van der Waals surface area (Å²) in [5.41, 5.74) is -0.482. The highest BCUT2D eigenvalue weighted by atomic mass is 16.5. The standard InChI is InChI=1S/C11H15NO4/c1-11(2,6-10(15)16-3)7-12-8(13)4-5-9(12)14/h4-5H,6-7H2,1-3H3. The molecule has 0 N–H and O–H groups in total. The number of carbonyl (C=O) groups is 3. The fourth-order valence-corrected chi connectivity index (χ4v) is 1.53. The van der Waals surface area contributed by atoms with E-state index in [1.165, 1.54) is 19.3 Å². The van der Waals surface area contributed by atoms with Crippen molar-refractivity contribution in [2.75, 3.05) is 13.7 Å². The summed E-state index contributed by atoms with van der Waals surface area (Å²) < 4.78 is 4.56. The van der Waals surface area contributed by atoms with Crippen molar-refractivity contribution in [2.24, 2.45) is 5.41 Å². The van der Waals surface area contributed by atoms with Crippen molar-refractivity contribution < 1.29 is 19.1 Å². The Bertz CT molecular complexity index is 339. The zero-order valence-corrected chi connectivity index (χ0v) is 9.65. The highest BCUT2D eigenvalue weighted by Gasteiger charge is 2.32. The van der Waals surface area contributed by atoms with Crippen LogP contribution in [0.3, 0.4) is 0 Å². The molecule has 1 heterocycles. The molecule has 0 aromatic rings. The topological polar surface area (TPSA) is 63.7 Å². The maximum absolute atomic E-state index is 11.3. The van der Waals surface area contributed by atoms with Crippen molar-refractivity contribution in [3.05, 3.63) is 12.2 Å². The monoisotopic (exact) mass is 225 g/mol. The number of ether oxygens (including phenoxy) is 1. The number of carbonyl (C=O) groups excluding carboxylic acids is 3. The lowest BCUT2D eigenvalue weighted by atomic mass is 9.88. The molecule has 5 nitrogen and oxygen atoms in total. The van der Waals surface area contributed by atoms with E-state index in [0.29, 0.717) is 0 Å². The quantitative estimate of drug-likeness (QED) is 0.516. The predicted molar refractivity (Wildman–Crippen MR) is 56.3 cm³/mol. The molecule has 0 aliphatic carbocycles. The van der Waals surface area contributed by atoms with Crippen molar-refractivity contribution in [3.8, 4) is 0 Å². The maximum atomic E-state index is 11.3. The number of amides is 2. The molecular weight excluding hydrogens is 210 g/mol. The zero-order chi connectivity index (χ0) is 12.3. The van der Waals surface area contributed by atoms with E-state index in [2.05, 4.69) is 4.74 Å². The molecule has 0 saturated carbocycles. The van der Waals surface area contributed by atoms with Crippen LogP contribution >= 0.6 is 0 Å². The van der Waals surface area contributed by atoms with Crippen LogP contribution in [-0.2, 0) is 19.1 Å². The van der Waals surface area contributed by atoms with Crippen LogP contribution in [0.15, 0.2) is 12.2 Å². The third-order valence-corrected chi connectivity index (χ3v) is 2.34. The molecule has 0 saturated heterocycles. The fraction of sp³-hybridized carbons (Fsp3) is 0.545. The Morgan fingerprint density at radius 1 is 1.31 bits per heavy atom. The minimum atomic E-state index is -0.482. The molecule has 1 rings (SSSR count). The molecule has 5 heteroatoms. The van der Waals surface area contributed by atoms with Gasteiger partial charge in [-0.15, -0.1) is 0 Å². The molecule has 1 aliphatic rings. The third kappa shape index (κ3) is 2.92. The molecule has 2 amide bonds. The summed E-state index contributed by atoms with van der Waals surface area (Å²) in [4.78, 5) is 34.9. The first-order chi connectivity index (χ1) is 7.35. The van der Waals surface area contributed by atoms with Crippen LogP contribution in [-0.4, -0.2) is 36.3 Å². The molecular formula is C11H15NO4. The van der Waals surface area contributed by atoms with Gasteiger partial charge in [0.2, 0.25) is 0 Å². The minimum absolute atomic E-state index is 0.167. The summed E-state index contributed by atoms with van der Waals surface area (Å²) in [6, 6.07) is 0. The average Bonchev–Trinajstić information content (AvgIpc) is 2.48. The summed E-state index contributed by atoms with van der Waals surface area (Å²) >= 11 is 0. The van der Waals surface area contributed by atoms with E-state index >= 15 is 0 Å². The second-order valence-electron chi connectivity index (χ2n) is 4.51. The number of hydrogen-bond acceptors (Lipinski definition) is 4. The van der Waals surface area contributed by atoms with Crippen LogP contribution in [0.1, 0.15) is 20.3 Å². The summed E-state index contributed by atoms with van der Waals surface area (Å²) in [7, 11) is 1.31. The van der Waals surface area contributed by atoms with E-state index in [-0.39, 0.29) is 30.7 Å². The number of rotatable bonds is 4. The number of esters is 1. The predicted octanol–water partition coefficient (Wildman–Crippen LogP) is 0.501. The van der Waals surface area contributed by atoms with Crippen molar-refractivity contribution in [1.82, 2.24) is 4.90 Å². The highest BCUT2D eigenvalue weighted by molar-refractivity contribution is 6.12. The van der Waals surface area contributed by atoms with Gasteiger partial charge in [0, 0.05) is 18.7 Å². The van der Waals surface area contributed by atoms with Crippen LogP contribution in [0.5, 0.6) is 0 Å². The molecule has 0 unspecified atom stereocenters. The minimum Gasteiger partial charge on any atom is -0.469 e. The largest absolute Gasteiger partial charge is 0.469 e. The third-order valence-electron chi connectivity index (χ3n) is 2.34.